The van der Waals surface area contributed by atoms with E-state index >= 15 is 0 Å². The molecule has 1 atom stereocenters. The minimum Gasteiger partial charge on any atom is -0.465 e. The Morgan fingerprint density at radius 3 is 3.11 bits per heavy atom. The fourth-order valence-electron chi connectivity index (χ4n) is 2.38. The Bertz CT molecular complexity index is 430. The molecule has 0 saturated carbocycles. The third-order valence-corrected chi connectivity index (χ3v) is 3.46. The van der Waals surface area contributed by atoms with Crippen molar-refractivity contribution in [3.8, 4) is 0 Å². The second-order valence-electron chi connectivity index (χ2n) is 4.92. The van der Waals surface area contributed by atoms with Crippen LogP contribution in [0.3, 0.4) is 0 Å². The summed E-state index contributed by atoms with van der Waals surface area (Å²) in [5.74, 6) is 0.475. The first kappa shape index (κ1) is 13.8. The van der Waals surface area contributed by atoms with Gasteiger partial charge < -0.3 is 15.0 Å². The number of esters is 1. The number of hydrogen-bond acceptors (Lipinski definition) is 5. The molecule has 5 heteroatoms. The minimum atomic E-state index is -0.326. The van der Waals surface area contributed by atoms with Gasteiger partial charge in [-0.05, 0) is 31.5 Å². The number of likely N-dealkylation sites (N-methyl/N-ethyl adjacent to an activating group) is 1. The van der Waals surface area contributed by atoms with Gasteiger partial charge >= 0.3 is 5.97 Å². The van der Waals surface area contributed by atoms with Crippen LogP contribution < -0.4 is 10.2 Å². The number of hydrogen-bond donors (Lipinski definition) is 1. The summed E-state index contributed by atoms with van der Waals surface area (Å²) < 4.78 is 4.72. The predicted octanol–water partition coefficient (Wildman–Crippen LogP) is 1.45. The molecule has 0 aliphatic carbocycles. The third-order valence-electron chi connectivity index (χ3n) is 3.46. The molecule has 2 heterocycles. The summed E-state index contributed by atoms with van der Waals surface area (Å²) in [6.45, 7) is 1.99. The molecule has 0 radical (unpaired) electrons. The van der Waals surface area contributed by atoms with Crippen molar-refractivity contribution in [1.29, 1.82) is 0 Å². The number of carbonyl (C=O) groups is 1. The van der Waals surface area contributed by atoms with Crippen LogP contribution in [0.5, 0.6) is 0 Å². The molecule has 0 aromatic carbocycles. The average molecular weight is 263 g/mol. The summed E-state index contributed by atoms with van der Waals surface area (Å²) in [6.07, 6.45) is 5.38. The molecule has 1 fully saturated rings. The maximum Gasteiger partial charge on any atom is 0.338 e. The molecule has 5 nitrogen and oxygen atoms in total. The molecule has 1 aromatic heterocycles. The molecule has 1 aromatic rings. The third kappa shape index (κ3) is 3.67. The number of nitrogens with one attached hydrogen (secondary N) is 1. The first-order valence-corrected chi connectivity index (χ1v) is 6.69. The standard InChI is InChI=1S/C14H21N3O2/c1-17(10-12-5-3-4-7-15-12)13-9-11(6-8-16-13)14(18)19-2/h6,8-9,12,15H,3-5,7,10H2,1-2H3. The van der Waals surface area contributed by atoms with Crippen LogP contribution in [0, 0.1) is 0 Å². The van der Waals surface area contributed by atoms with Crippen LogP contribution in [-0.4, -0.2) is 44.2 Å². The molecule has 1 aliphatic rings. The Morgan fingerprint density at radius 1 is 1.58 bits per heavy atom. The van der Waals surface area contributed by atoms with Gasteiger partial charge in [0, 0.05) is 25.8 Å². The fraction of sp³-hybridized carbons (Fsp3) is 0.571. The summed E-state index contributed by atoms with van der Waals surface area (Å²) >= 11 is 0. The monoisotopic (exact) mass is 263 g/mol. The Balaban J connectivity index is 2.01. The van der Waals surface area contributed by atoms with E-state index in [-0.39, 0.29) is 5.97 Å². The van der Waals surface area contributed by atoms with Crippen molar-refractivity contribution in [3.63, 3.8) is 0 Å². The lowest BCUT2D eigenvalue weighted by Crippen LogP contribution is -2.42. The van der Waals surface area contributed by atoms with E-state index in [1.54, 1.807) is 18.3 Å². The number of piperidine rings is 1. The highest BCUT2D eigenvalue weighted by molar-refractivity contribution is 5.90. The number of pyridine rings is 1. The maximum atomic E-state index is 11.5. The van der Waals surface area contributed by atoms with Crippen LogP contribution in [-0.2, 0) is 4.74 Å². The minimum absolute atomic E-state index is 0.326. The highest BCUT2D eigenvalue weighted by atomic mass is 16.5. The van der Waals surface area contributed by atoms with Gasteiger partial charge in [-0.2, -0.15) is 0 Å². The van der Waals surface area contributed by atoms with Crippen molar-refractivity contribution in [1.82, 2.24) is 10.3 Å². The Hall–Kier alpha value is -1.62. The number of nitrogens with zero attached hydrogens (tertiary/aromatic N) is 2. The second kappa shape index (κ2) is 6.52. The van der Waals surface area contributed by atoms with Crippen LogP contribution in [0.4, 0.5) is 5.82 Å². The molecule has 1 saturated heterocycles. The Labute approximate surface area is 114 Å². The molecule has 1 aliphatic heterocycles. The molecular formula is C14H21N3O2. The van der Waals surface area contributed by atoms with Gasteiger partial charge in [-0.25, -0.2) is 9.78 Å². The van der Waals surface area contributed by atoms with Gasteiger partial charge in [0.15, 0.2) is 0 Å². The lowest BCUT2D eigenvalue weighted by Gasteiger charge is -2.28. The first-order chi connectivity index (χ1) is 9.20. The van der Waals surface area contributed by atoms with Crippen LogP contribution in [0.1, 0.15) is 29.6 Å². The fourth-order valence-corrected chi connectivity index (χ4v) is 2.38. The summed E-state index contributed by atoms with van der Waals surface area (Å²) in [7, 11) is 3.39. The number of rotatable bonds is 4. The van der Waals surface area contributed by atoms with Crippen LogP contribution in [0.2, 0.25) is 0 Å². The smallest absolute Gasteiger partial charge is 0.338 e. The molecule has 0 amide bonds. The van der Waals surface area contributed by atoms with Crippen molar-refractivity contribution < 1.29 is 9.53 Å². The molecule has 1 unspecified atom stereocenters. The van der Waals surface area contributed by atoms with E-state index in [9.17, 15) is 4.79 Å². The van der Waals surface area contributed by atoms with E-state index in [0.29, 0.717) is 11.6 Å². The largest absolute Gasteiger partial charge is 0.465 e. The molecule has 0 bridgehead atoms. The summed E-state index contributed by atoms with van der Waals surface area (Å²) in [6, 6.07) is 3.94. The van der Waals surface area contributed by atoms with E-state index in [1.165, 1.54) is 26.4 Å². The van der Waals surface area contributed by atoms with Crippen LogP contribution in [0.15, 0.2) is 18.3 Å². The zero-order valence-electron chi connectivity index (χ0n) is 11.6. The molecule has 19 heavy (non-hydrogen) atoms. The van der Waals surface area contributed by atoms with Gasteiger partial charge in [0.1, 0.15) is 5.82 Å². The van der Waals surface area contributed by atoms with Crippen molar-refractivity contribution in [2.24, 2.45) is 0 Å². The van der Waals surface area contributed by atoms with Gasteiger partial charge in [-0.15, -0.1) is 0 Å². The van der Waals surface area contributed by atoms with Gasteiger partial charge in [-0.3, -0.25) is 0 Å². The van der Waals surface area contributed by atoms with Crippen molar-refractivity contribution in [2.45, 2.75) is 25.3 Å². The second-order valence-corrected chi connectivity index (χ2v) is 4.92. The zero-order chi connectivity index (χ0) is 13.7. The molecule has 2 rings (SSSR count). The molecule has 104 valence electrons. The number of ether oxygens (including phenoxy) is 1. The highest BCUT2D eigenvalue weighted by Crippen LogP contribution is 2.14. The summed E-state index contributed by atoms with van der Waals surface area (Å²) in [5, 5.41) is 3.51. The number of carbonyl (C=O) groups excluding carboxylic acids is 1. The van der Waals surface area contributed by atoms with E-state index in [0.717, 1.165) is 18.9 Å². The topological polar surface area (TPSA) is 54.5 Å². The average Bonchev–Trinajstić information content (AvgIpc) is 2.47. The molecule has 0 spiro atoms. The zero-order valence-corrected chi connectivity index (χ0v) is 11.6. The van der Waals surface area contributed by atoms with Crippen LogP contribution in [0.25, 0.3) is 0 Å². The Kier molecular flexibility index (Phi) is 4.74. The number of aromatic nitrogens is 1. The van der Waals surface area contributed by atoms with E-state index in [1.807, 2.05) is 7.05 Å². The first-order valence-electron chi connectivity index (χ1n) is 6.69. The van der Waals surface area contributed by atoms with E-state index in [2.05, 4.69) is 15.2 Å². The highest BCUT2D eigenvalue weighted by Gasteiger charge is 2.16. The van der Waals surface area contributed by atoms with Crippen molar-refractivity contribution >= 4 is 11.8 Å². The predicted molar refractivity (Wildman–Crippen MR) is 74.5 cm³/mol. The quantitative estimate of drug-likeness (QED) is 0.833. The van der Waals surface area contributed by atoms with Gasteiger partial charge in [-0.1, -0.05) is 6.42 Å². The maximum absolute atomic E-state index is 11.5. The normalized spacial score (nSPS) is 18.9. The van der Waals surface area contributed by atoms with E-state index < -0.39 is 0 Å². The summed E-state index contributed by atoms with van der Waals surface area (Å²) in [4.78, 5) is 17.9. The molecule has 1 N–H and O–H groups in total. The van der Waals surface area contributed by atoms with Gasteiger partial charge in [0.25, 0.3) is 0 Å². The number of methoxy groups -OCH3 is 1. The SMILES string of the molecule is COC(=O)c1ccnc(N(C)CC2CCCCN2)c1. The van der Waals surface area contributed by atoms with E-state index in [4.69, 9.17) is 4.74 Å². The number of anilines is 1. The van der Waals surface area contributed by atoms with Crippen LogP contribution >= 0.6 is 0 Å². The molecular weight excluding hydrogens is 242 g/mol. The lowest BCUT2D eigenvalue weighted by molar-refractivity contribution is 0.0600. The van der Waals surface area contributed by atoms with Crippen molar-refractivity contribution in [3.05, 3.63) is 23.9 Å². The van der Waals surface area contributed by atoms with Gasteiger partial charge in [0.2, 0.25) is 0 Å². The van der Waals surface area contributed by atoms with Gasteiger partial charge in [0.05, 0.1) is 12.7 Å². The summed E-state index contributed by atoms with van der Waals surface area (Å²) in [5.41, 5.74) is 0.538. The van der Waals surface area contributed by atoms with Crippen molar-refractivity contribution in [2.75, 3.05) is 32.1 Å². The lowest BCUT2D eigenvalue weighted by atomic mass is 10.0. The Morgan fingerprint density at radius 2 is 2.42 bits per heavy atom.